The second kappa shape index (κ2) is 7.04. The molecule has 122 valence electrons. The van der Waals surface area contributed by atoms with Gasteiger partial charge >= 0.3 is 0 Å². The van der Waals surface area contributed by atoms with Gasteiger partial charge in [-0.2, -0.15) is 4.98 Å². The first-order valence-corrected chi connectivity index (χ1v) is 7.51. The number of nitrogens with one attached hydrogen (secondary N) is 1. The van der Waals surface area contributed by atoms with E-state index >= 15 is 0 Å². The first-order chi connectivity index (χ1) is 11.6. The molecule has 0 radical (unpaired) electrons. The predicted octanol–water partition coefficient (Wildman–Crippen LogP) is 3.04. The number of rotatable bonds is 5. The van der Waals surface area contributed by atoms with E-state index in [-0.39, 0.29) is 18.9 Å². The molecule has 0 aliphatic heterocycles. The van der Waals surface area contributed by atoms with Crippen LogP contribution in [0, 0.1) is 12.7 Å². The van der Waals surface area contributed by atoms with Crippen molar-refractivity contribution in [3.05, 3.63) is 71.4 Å². The summed E-state index contributed by atoms with van der Waals surface area (Å²) >= 11 is 0. The topological polar surface area (TPSA) is 68.0 Å². The van der Waals surface area contributed by atoms with E-state index in [1.807, 2.05) is 31.2 Å². The third-order valence-electron chi connectivity index (χ3n) is 3.49. The molecule has 0 aliphatic rings. The molecule has 5 nitrogen and oxygen atoms in total. The summed E-state index contributed by atoms with van der Waals surface area (Å²) in [5.74, 6) is 0.0630. The average Bonchev–Trinajstić information content (AvgIpc) is 3.04. The van der Waals surface area contributed by atoms with Gasteiger partial charge in [0.1, 0.15) is 5.82 Å². The van der Waals surface area contributed by atoms with Crippen LogP contribution < -0.4 is 5.32 Å². The van der Waals surface area contributed by atoms with E-state index in [1.54, 1.807) is 18.2 Å². The van der Waals surface area contributed by atoms with E-state index in [4.69, 9.17) is 4.52 Å². The molecule has 0 unspecified atom stereocenters. The molecule has 0 saturated carbocycles. The van der Waals surface area contributed by atoms with Crippen molar-refractivity contribution in [1.29, 1.82) is 0 Å². The van der Waals surface area contributed by atoms with Crippen LogP contribution in [0.3, 0.4) is 0 Å². The van der Waals surface area contributed by atoms with Crippen LogP contribution in [0.5, 0.6) is 0 Å². The normalized spacial score (nSPS) is 10.6. The van der Waals surface area contributed by atoms with Crippen LogP contribution in [0.2, 0.25) is 0 Å². The lowest BCUT2D eigenvalue weighted by molar-refractivity contribution is -0.120. The Kier molecular flexibility index (Phi) is 4.65. The maximum atomic E-state index is 13.5. The Labute approximate surface area is 138 Å². The van der Waals surface area contributed by atoms with E-state index in [1.165, 1.54) is 6.07 Å². The fourth-order valence-corrected chi connectivity index (χ4v) is 2.28. The molecule has 24 heavy (non-hydrogen) atoms. The number of hydrogen-bond acceptors (Lipinski definition) is 4. The minimum Gasteiger partial charge on any atom is -0.347 e. The highest BCUT2D eigenvalue weighted by Gasteiger charge is 2.11. The number of aryl methyl sites for hydroxylation is 1. The number of carbonyl (C=O) groups excluding carboxylic acids is 1. The van der Waals surface area contributed by atoms with Gasteiger partial charge in [-0.3, -0.25) is 4.79 Å². The number of nitrogens with zero attached hydrogens (tertiary/aromatic N) is 2. The van der Waals surface area contributed by atoms with Crippen molar-refractivity contribution in [2.75, 3.05) is 0 Å². The number of benzene rings is 2. The van der Waals surface area contributed by atoms with E-state index in [2.05, 4.69) is 15.5 Å². The second-order valence-electron chi connectivity index (χ2n) is 5.43. The molecule has 0 atom stereocenters. The first kappa shape index (κ1) is 15.9. The molecule has 1 N–H and O–H groups in total. The minimum absolute atomic E-state index is 0.0362. The Bertz CT molecular complexity index is 861. The highest BCUT2D eigenvalue weighted by molar-refractivity contribution is 5.78. The molecular weight excluding hydrogens is 309 g/mol. The summed E-state index contributed by atoms with van der Waals surface area (Å²) in [4.78, 5) is 16.1. The van der Waals surface area contributed by atoms with Crippen LogP contribution in [-0.4, -0.2) is 16.0 Å². The predicted molar refractivity (Wildman–Crippen MR) is 86.4 cm³/mol. The summed E-state index contributed by atoms with van der Waals surface area (Å²) in [7, 11) is 0. The van der Waals surface area contributed by atoms with Crippen molar-refractivity contribution in [2.24, 2.45) is 0 Å². The largest absolute Gasteiger partial charge is 0.347 e. The third kappa shape index (κ3) is 3.84. The Balaban J connectivity index is 1.59. The number of hydrogen-bond donors (Lipinski definition) is 1. The Morgan fingerprint density at radius 3 is 2.83 bits per heavy atom. The standard InChI is InChI=1S/C18H16FN3O2/c1-12-5-4-7-14(9-12)18-21-17(24-22-18)11-20-16(23)10-13-6-2-3-8-15(13)19/h2-9H,10-11H2,1H3,(H,20,23). The maximum absolute atomic E-state index is 13.5. The van der Waals surface area contributed by atoms with Crippen LogP contribution in [0.25, 0.3) is 11.4 Å². The number of aromatic nitrogens is 2. The SMILES string of the molecule is Cc1cccc(-c2noc(CNC(=O)Cc3ccccc3F)n2)c1. The molecule has 1 aromatic heterocycles. The molecular formula is C18H16FN3O2. The van der Waals surface area contributed by atoms with Gasteiger partial charge in [-0.1, -0.05) is 47.1 Å². The third-order valence-corrected chi connectivity index (χ3v) is 3.49. The molecule has 0 fully saturated rings. The lowest BCUT2D eigenvalue weighted by Gasteiger charge is -2.03. The highest BCUT2D eigenvalue weighted by Crippen LogP contribution is 2.16. The molecule has 3 rings (SSSR count). The maximum Gasteiger partial charge on any atom is 0.246 e. The Morgan fingerprint density at radius 1 is 1.21 bits per heavy atom. The van der Waals surface area contributed by atoms with Crippen molar-refractivity contribution in [2.45, 2.75) is 19.9 Å². The van der Waals surface area contributed by atoms with E-state index in [9.17, 15) is 9.18 Å². The molecule has 0 spiro atoms. The van der Waals surface area contributed by atoms with E-state index < -0.39 is 5.82 Å². The fourth-order valence-electron chi connectivity index (χ4n) is 2.28. The van der Waals surface area contributed by atoms with Gasteiger partial charge in [0.2, 0.25) is 17.6 Å². The molecule has 0 saturated heterocycles. The molecule has 0 aliphatic carbocycles. The second-order valence-corrected chi connectivity index (χ2v) is 5.43. The van der Waals surface area contributed by atoms with Crippen LogP contribution >= 0.6 is 0 Å². The average molecular weight is 325 g/mol. The molecule has 0 bridgehead atoms. The highest BCUT2D eigenvalue weighted by atomic mass is 19.1. The van der Waals surface area contributed by atoms with Crippen molar-refractivity contribution < 1.29 is 13.7 Å². The summed E-state index contributed by atoms with van der Waals surface area (Å²) in [6, 6.07) is 13.9. The van der Waals surface area contributed by atoms with Gasteiger partial charge in [-0.25, -0.2) is 4.39 Å². The van der Waals surface area contributed by atoms with E-state index in [0.717, 1.165) is 11.1 Å². The lowest BCUT2D eigenvalue weighted by atomic mass is 10.1. The number of halogens is 1. The quantitative estimate of drug-likeness (QED) is 0.783. The van der Waals surface area contributed by atoms with Gasteiger partial charge in [0.25, 0.3) is 0 Å². The van der Waals surface area contributed by atoms with Gasteiger partial charge in [0.15, 0.2) is 0 Å². The van der Waals surface area contributed by atoms with Crippen molar-refractivity contribution in [3.63, 3.8) is 0 Å². The zero-order valence-electron chi connectivity index (χ0n) is 13.1. The lowest BCUT2D eigenvalue weighted by Crippen LogP contribution is -2.25. The number of amides is 1. The van der Waals surface area contributed by atoms with Gasteiger partial charge in [0.05, 0.1) is 13.0 Å². The summed E-state index contributed by atoms with van der Waals surface area (Å²) < 4.78 is 18.6. The molecule has 6 heteroatoms. The summed E-state index contributed by atoms with van der Waals surface area (Å²) in [5.41, 5.74) is 2.29. The van der Waals surface area contributed by atoms with Crippen molar-refractivity contribution in [3.8, 4) is 11.4 Å². The summed E-state index contributed by atoms with van der Waals surface area (Å²) in [6.07, 6.45) is -0.0362. The Morgan fingerprint density at radius 2 is 2.04 bits per heavy atom. The monoisotopic (exact) mass is 325 g/mol. The van der Waals surface area contributed by atoms with Gasteiger partial charge in [-0.15, -0.1) is 0 Å². The van der Waals surface area contributed by atoms with Crippen LogP contribution in [0.1, 0.15) is 17.0 Å². The van der Waals surface area contributed by atoms with Crippen molar-refractivity contribution >= 4 is 5.91 Å². The molecule has 2 aromatic carbocycles. The fraction of sp³-hybridized carbons (Fsp3) is 0.167. The molecule has 1 heterocycles. The zero-order chi connectivity index (χ0) is 16.9. The van der Waals surface area contributed by atoms with Crippen LogP contribution in [0.4, 0.5) is 4.39 Å². The number of carbonyl (C=O) groups is 1. The molecule has 3 aromatic rings. The molecule has 1 amide bonds. The zero-order valence-corrected chi connectivity index (χ0v) is 13.1. The van der Waals surface area contributed by atoms with Crippen molar-refractivity contribution in [1.82, 2.24) is 15.5 Å². The van der Waals surface area contributed by atoms with E-state index in [0.29, 0.717) is 17.3 Å². The minimum atomic E-state index is -0.396. The summed E-state index contributed by atoms with van der Waals surface area (Å²) in [5, 5.41) is 6.56. The van der Waals surface area contributed by atoms with Gasteiger partial charge < -0.3 is 9.84 Å². The van der Waals surface area contributed by atoms with Gasteiger partial charge in [-0.05, 0) is 24.6 Å². The van der Waals surface area contributed by atoms with Crippen LogP contribution in [-0.2, 0) is 17.8 Å². The Hall–Kier alpha value is -3.02. The van der Waals surface area contributed by atoms with Gasteiger partial charge in [0, 0.05) is 5.56 Å². The summed E-state index contributed by atoms with van der Waals surface area (Å²) in [6.45, 7) is 2.08. The van der Waals surface area contributed by atoms with Crippen LogP contribution in [0.15, 0.2) is 53.1 Å². The smallest absolute Gasteiger partial charge is 0.246 e. The first-order valence-electron chi connectivity index (χ1n) is 7.51.